The van der Waals surface area contributed by atoms with E-state index in [-0.39, 0.29) is 0 Å². The molecule has 0 amide bonds. The van der Waals surface area contributed by atoms with Crippen molar-refractivity contribution in [3.8, 4) is 0 Å². The number of piperidine rings is 1. The topological polar surface area (TPSA) is 47.1 Å². The van der Waals surface area contributed by atoms with E-state index in [1.165, 1.54) is 19.3 Å². The summed E-state index contributed by atoms with van der Waals surface area (Å²) in [5.41, 5.74) is 5.66. The first-order valence-electron chi connectivity index (χ1n) is 5.77. The fourth-order valence-electron chi connectivity index (χ4n) is 2.39. The van der Waals surface area contributed by atoms with Gasteiger partial charge in [-0.1, -0.05) is 0 Å². The molecule has 1 atom stereocenters. The number of hydrogen-bond acceptors (Lipinski definition) is 3. The second-order valence-electron chi connectivity index (χ2n) is 4.26. The van der Waals surface area contributed by atoms with Crippen LogP contribution >= 0.6 is 0 Å². The van der Waals surface area contributed by atoms with E-state index in [1.54, 1.807) is 0 Å². The van der Waals surface area contributed by atoms with E-state index in [0.717, 1.165) is 25.5 Å². The number of anilines is 1. The third-order valence-electron chi connectivity index (χ3n) is 3.18. The normalized spacial score (nSPS) is 22.0. The van der Waals surface area contributed by atoms with Gasteiger partial charge in [-0.25, -0.2) is 4.98 Å². The van der Waals surface area contributed by atoms with Gasteiger partial charge >= 0.3 is 0 Å². The number of nitrogens with zero attached hydrogens (tertiary/aromatic N) is 3. The van der Waals surface area contributed by atoms with Crippen molar-refractivity contribution in [1.82, 2.24) is 9.55 Å². The van der Waals surface area contributed by atoms with E-state index in [1.807, 2.05) is 12.4 Å². The van der Waals surface area contributed by atoms with E-state index < -0.39 is 0 Å². The minimum absolute atomic E-state index is 0.588. The molecule has 84 valence electrons. The standard InChI is InChI=1S/C11H20N4/c1-14-9-7-13-11(14)15-8-3-2-4-10(15)5-6-12/h7,9-10H,2-6,8,12H2,1H3. The number of hydrogen-bond donors (Lipinski definition) is 1. The van der Waals surface area contributed by atoms with Crippen LogP contribution < -0.4 is 10.6 Å². The van der Waals surface area contributed by atoms with Crippen LogP contribution in [0.4, 0.5) is 5.95 Å². The monoisotopic (exact) mass is 208 g/mol. The summed E-state index contributed by atoms with van der Waals surface area (Å²) >= 11 is 0. The highest BCUT2D eigenvalue weighted by Crippen LogP contribution is 2.24. The van der Waals surface area contributed by atoms with Crippen molar-refractivity contribution >= 4 is 5.95 Å². The second-order valence-corrected chi connectivity index (χ2v) is 4.26. The Kier molecular flexibility index (Phi) is 3.26. The van der Waals surface area contributed by atoms with Crippen LogP contribution in [0.1, 0.15) is 25.7 Å². The predicted octanol–water partition coefficient (Wildman–Crippen LogP) is 1.13. The highest BCUT2D eigenvalue weighted by atomic mass is 15.3. The van der Waals surface area contributed by atoms with Gasteiger partial charge in [0.2, 0.25) is 5.95 Å². The van der Waals surface area contributed by atoms with Gasteiger partial charge in [0.05, 0.1) is 0 Å². The summed E-state index contributed by atoms with van der Waals surface area (Å²) in [6.45, 7) is 1.89. The lowest BCUT2D eigenvalue weighted by Gasteiger charge is -2.36. The molecule has 4 nitrogen and oxygen atoms in total. The maximum absolute atomic E-state index is 5.66. The average Bonchev–Trinajstić information content (AvgIpc) is 2.66. The molecule has 1 saturated heterocycles. The zero-order valence-electron chi connectivity index (χ0n) is 9.39. The molecule has 1 aliphatic rings. The van der Waals surface area contributed by atoms with Crippen molar-refractivity contribution < 1.29 is 0 Å². The van der Waals surface area contributed by atoms with Crippen LogP contribution in [-0.4, -0.2) is 28.7 Å². The molecule has 2 N–H and O–H groups in total. The lowest BCUT2D eigenvalue weighted by molar-refractivity contribution is 0.432. The first-order valence-corrected chi connectivity index (χ1v) is 5.77. The van der Waals surface area contributed by atoms with Crippen LogP contribution in [0.15, 0.2) is 12.4 Å². The summed E-state index contributed by atoms with van der Waals surface area (Å²) in [5.74, 6) is 1.09. The number of rotatable bonds is 3. The molecule has 2 heterocycles. The van der Waals surface area contributed by atoms with Gasteiger partial charge in [0.1, 0.15) is 0 Å². The SMILES string of the molecule is Cn1ccnc1N1CCCCC1CCN. The maximum atomic E-state index is 5.66. The minimum atomic E-state index is 0.588. The highest BCUT2D eigenvalue weighted by molar-refractivity contribution is 5.33. The molecule has 1 unspecified atom stereocenters. The summed E-state index contributed by atoms with van der Waals surface area (Å²) in [6.07, 6.45) is 8.79. The Bertz CT molecular complexity index is 305. The zero-order valence-corrected chi connectivity index (χ0v) is 9.39. The van der Waals surface area contributed by atoms with Gasteiger partial charge in [-0.3, -0.25) is 0 Å². The fourth-order valence-corrected chi connectivity index (χ4v) is 2.39. The van der Waals surface area contributed by atoms with Crippen LogP contribution in [-0.2, 0) is 7.05 Å². The van der Waals surface area contributed by atoms with Crippen molar-refractivity contribution in [2.75, 3.05) is 18.0 Å². The van der Waals surface area contributed by atoms with E-state index >= 15 is 0 Å². The molecule has 0 bridgehead atoms. The Labute approximate surface area is 91.1 Å². The Balaban J connectivity index is 2.14. The third kappa shape index (κ3) is 2.15. The molecule has 0 aromatic carbocycles. The van der Waals surface area contributed by atoms with E-state index in [9.17, 15) is 0 Å². The number of imidazole rings is 1. The molecular formula is C11H20N4. The quantitative estimate of drug-likeness (QED) is 0.810. The molecule has 0 radical (unpaired) electrons. The van der Waals surface area contributed by atoms with Crippen LogP contribution in [0.5, 0.6) is 0 Å². The van der Waals surface area contributed by atoms with Crippen LogP contribution in [0, 0.1) is 0 Å². The Hall–Kier alpha value is -1.03. The van der Waals surface area contributed by atoms with E-state index in [4.69, 9.17) is 5.73 Å². The molecule has 1 aromatic heterocycles. The second kappa shape index (κ2) is 4.66. The van der Waals surface area contributed by atoms with Crippen molar-refractivity contribution in [3.63, 3.8) is 0 Å². The van der Waals surface area contributed by atoms with Crippen LogP contribution in [0.25, 0.3) is 0 Å². The van der Waals surface area contributed by atoms with Crippen LogP contribution in [0.2, 0.25) is 0 Å². The van der Waals surface area contributed by atoms with Crippen molar-refractivity contribution in [3.05, 3.63) is 12.4 Å². The van der Waals surface area contributed by atoms with Crippen molar-refractivity contribution in [2.45, 2.75) is 31.7 Å². The van der Waals surface area contributed by atoms with Gasteiger partial charge < -0.3 is 15.2 Å². The molecule has 0 aliphatic carbocycles. The Morgan fingerprint density at radius 2 is 2.40 bits per heavy atom. The summed E-state index contributed by atoms with van der Waals surface area (Å²) in [6, 6.07) is 0.588. The Morgan fingerprint density at radius 3 is 3.07 bits per heavy atom. The van der Waals surface area contributed by atoms with Crippen molar-refractivity contribution in [1.29, 1.82) is 0 Å². The lowest BCUT2D eigenvalue weighted by atomic mass is 10.00. The fraction of sp³-hybridized carbons (Fsp3) is 0.727. The predicted molar refractivity (Wildman–Crippen MR) is 61.9 cm³/mol. The minimum Gasteiger partial charge on any atom is -0.339 e. The van der Waals surface area contributed by atoms with Gasteiger partial charge in [-0.15, -0.1) is 0 Å². The zero-order chi connectivity index (χ0) is 10.7. The smallest absolute Gasteiger partial charge is 0.205 e. The Morgan fingerprint density at radius 1 is 1.53 bits per heavy atom. The molecule has 2 rings (SSSR count). The van der Waals surface area contributed by atoms with Gasteiger partial charge in [0.25, 0.3) is 0 Å². The largest absolute Gasteiger partial charge is 0.339 e. The van der Waals surface area contributed by atoms with Gasteiger partial charge in [-0.05, 0) is 32.2 Å². The average molecular weight is 208 g/mol. The van der Waals surface area contributed by atoms with E-state index in [2.05, 4.69) is 21.5 Å². The summed E-state index contributed by atoms with van der Waals surface area (Å²) < 4.78 is 2.09. The van der Waals surface area contributed by atoms with E-state index in [0.29, 0.717) is 6.04 Å². The van der Waals surface area contributed by atoms with Gasteiger partial charge in [-0.2, -0.15) is 0 Å². The third-order valence-corrected chi connectivity index (χ3v) is 3.18. The molecule has 0 saturated carbocycles. The van der Waals surface area contributed by atoms with Gasteiger partial charge in [0.15, 0.2) is 0 Å². The number of aromatic nitrogens is 2. The molecule has 15 heavy (non-hydrogen) atoms. The van der Waals surface area contributed by atoms with Crippen LogP contribution in [0.3, 0.4) is 0 Å². The molecule has 1 aliphatic heterocycles. The van der Waals surface area contributed by atoms with Gasteiger partial charge in [0, 0.05) is 32.0 Å². The first kappa shape index (κ1) is 10.5. The summed E-state index contributed by atoms with van der Waals surface area (Å²) in [7, 11) is 2.05. The molecular weight excluding hydrogens is 188 g/mol. The summed E-state index contributed by atoms with van der Waals surface area (Å²) in [5, 5.41) is 0. The van der Waals surface area contributed by atoms with Crippen molar-refractivity contribution in [2.24, 2.45) is 12.8 Å². The highest BCUT2D eigenvalue weighted by Gasteiger charge is 2.24. The summed E-state index contributed by atoms with van der Waals surface area (Å²) in [4.78, 5) is 6.83. The number of nitrogens with two attached hydrogens (primary N) is 1. The molecule has 0 spiro atoms. The molecule has 4 heteroatoms. The first-order chi connectivity index (χ1) is 7.33. The molecule has 1 aromatic rings. The molecule has 1 fully saturated rings. The number of aryl methyl sites for hydroxylation is 1. The lowest BCUT2D eigenvalue weighted by Crippen LogP contribution is -2.42. The maximum Gasteiger partial charge on any atom is 0.205 e.